The SMILES string of the molecule is C=CC(=N)N1CC[C@@H](N(C)c2ncnc3cc(-c4cncc(I)c4C4CC4)ncc23)C1. The Morgan fingerprint density at radius 2 is 2.06 bits per heavy atom. The van der Waals surface area contributed by atoms with Crippen molar-refractivity contribution in [3.63, 3.8) is 0 Å². The highest BCUT2D eigenvalue weighted by molar-refractivity contribution is 14.1. The molecule has 1 saturated carbocycles. The van der Waals surface area contributed by atoms with Crippen molar-refractivity contribution in [1.82, 2.24) is 24.8 Å². The van der Waals surface area contributed by atoms with E-state index in [1.165, 1.54) is 22.0 Å². The van der Waals surface area contributed by atoms with E-state index in [1.807, 2.05) is 18.6 Å². The largest absolute Gasteiger partial charge is 0.355 e. The van der Waals surface area contributed by atoms with Gasteiger partial charge >= 0.3 is 0 Å². The molecule has 1 atom stereocenters. The normalized spacial score (nSPS) is 18.4. The van der Waals surface area contributed by atoms with Crippen LogP contribution in [0.4, 0.5) is 5.82 Å². The lowest BCUT2D eigenvalue weighted by atomic mass is 10.0. The molecule has 5 rings (SSSR count). The van der Waals surface area contributed by atoms with Crippen LogP contribution in [0.15, 0.2) is 43.6 Å². The van der Waals surface area contributed by atoms with Gasteiger partial charge in [0, 0.05) is 53.9 Å². The number of aromatic nitrogens is 4. The lowest BCUT2D eigenvalue weighted by Gasteiger charge is -2.27. The maximum absolute atomic E-state index is 8.02. The van der Waals surface area contributed by atoms with Crippen molar-refractivity contribution in [3.05, 3.63) is 52.8 Å². The molecule has 158 valence electrons. The van der Waals surface area contributed by atoms with Crippen molar-refractivity contribution < 1.29 is 0 Å². The lowest BCUT2D eigenvalue weighted by Crippen LogP contribution is -2.36. The van der Waals surface area contributed by atoms with Crippen LogP contribution in [0.5, 0.6) is 0 Å². The summed E-state index contributed by atoms with van der Waals surface area (Å²) >= 11 is 2.38. The predicted octanol–water partition coefficient (Wildman–Crippen LogP) is 4.24. The Balaban J connectivity index is 1.49. The molecule has 7 nitrogen and oxygen atoms in total. The van der Waals surface area contributed by atoms with Gasteiger partial charge in [-0.2, -0.15) is 0 Å². The first kappa shape index (κ1) is 20.3. The lowest BCUT2D eigenvalue weighted by molar-refractivity contribution is 0.505. The summed E-state index contributed by atoms with van der Waals surface area (Å²) in [7, 11) is 2.07. The molecular formula is C23H24IN7. The van der Waals surface area contributed by atoms with Gasteiger partial charge in [-0.05, 0) is 65.5 Å². The van der Waals surface area contributed by atoms with E-state index in [0.717, 1.165) is 47.5 Å². The third-order valence-electron chi connectivity index (χ3n) is 6.28. The fourth-order valence-electron chi connectivity index (χ4n) is 4.38. The van der Waals surface area contributed by atoms with Crippen LogP contribution in [0.25, 0.3) is 22.2 Å². The molecule has 0 bridgehead atoms. The maximum atomic E-state index is 8.02. The Morgan fingerprint density at radius 3 is 2.84 bits per heavy atom. The van der Waals surface area contributed by atoms with Gasteiger partial charge in [-0.1, -0.05) is 6.58 Å². The smallest absolute Gasteiger partial charge is 0.141 e. The highest BCUT2D eigenvalue weighted by Crippen LogP contribution is 2.46. The second-order valence-electron chi connectivity index (χ2n) is 8.23. The quantitative estimate of drug-likeness (QED) is 0.305. The molecule has 0 aromatic carbocycles. The van der Waals surface area contributed by atoms with Crippen molar-refractivity contribution in [2.24, 2.45) is 0 Å². The molecule has 2 fully saturated rings. The zero-order chi connectivity index (χ0) is 21.5. The first-order valence-corrected chi connectivity index (χ1v) is 11.6. The summed E-state index contributed by atoms with van der Waals surface area (Å²) < 4.78 is 1.21. The van der Waals surface area contributed by atoms with Crippen LogP contribution >= 0.6 is 22.6 Å². The number of nitrogens with zero attached hydrogens (tertiary/aromatic N) is 6. The van der Waals surface area contributed by atoms with Crippen LogP contribution in [-0.4, -0.2) is 56.9 Å². The van der Waals surface area contributed by atoms with E-state index >= 15 is 0 Å². The van der Waals surface area contributed by atoms with Gasteiger partial charge in [0.2, 0.25) is 0 Å². The van der Waals surface area contributed by atoms with Crippen LogP contribution in [0, 0.1) is 8.98 Å². The molecule has 0 unspecified atom stereocenters. The first-order valence-electron chi connectivity index (χ1n) is 10.5. The Labute approximate surface area is 195 Å². The highest BCUT2D eigenvalue weighted by Gasteiger charge is 2.30. The summed E-state index contributed by atoms with van der Waals surface area (Å²) in [4.78, 5) is 22.6. The predicted molar refractivity (Wildman–Crippen MR) is 132 cm³/mol. The monoisotopic (exact) mass is 525 g/mol. The van der Waals surface area contributed by atoms with E-state index in [2.05, 4.69) is 67.0 Å². The minimum Gasteiger partial charge on any atom is -0.355 e. The average Bonchev–Trinajstić information content (AvgIpc) is 3.51. The molecule has 8 heteroatoms. The minimum absolute atomic E-state index is 0.277. The summed E-state index contributed by atoms with van der Waals surface area (Å²) in [6.07, 6.45) is 12.4. The topological polar surface area (TPSA) is 81.9 Å². The van der Waals surface area contributed by atoms with Crippen molar-refractivity contribution >= 4 is 45.1 Å². The summed E-state index contributed by atoms with van der Waals surface area (Å²) in [5, 5.41) is 8.96. The molecule has 4 heterocycles. The van der Waals surface area contributed by atoms with Gasteiger partial charge in [0.15, 0.2) is 0 Å². The summed E-state index contributed by atoms with van der Waals surface area (Å²) in [5.41, 5.74) is 4.28. The van der Waals surface area contributed by atoms with Crippen LogP contribution in [0.2, 0.25) is 0 Å². The van der Waals surface area contributed by atoms with Gasteiger partial charge in [0.1, 0.15) is 18.0 Å². The van der Waals surface area contributed by atoms with Crippen molar-refractivity contribution in [2.75, 3.05) is 25.0 Å². The van der Waals surface area contributed by atoms with Crippen LogP contribution < -0.4 is 4.90 Å². The molecule has 3 aromatic rings. The number of likely N-dealkylation sites (N-methyl/N-ethyl adjacent to an activating group) is 1. The van der Waals surface area contributed by atoms with Gasteiger partial charge in [0.25, 0.3) is 0 Å². The first-order chi connectivity index (χ1) is 15.1. The number of nitrogens with one attached hydrogen (secondary N) is 1. The number of halogens is 1. The number of anilines is 1. The highest BCUT2D eigenvalue weighted by atomic mass is 127. The van der Waals surface area contributed by atoms with Crippen molar-refractivity contribution in [3.8, 4) is 11.3 Å². The second kappa shape index (κ2) is 8.14. The minimum atomic E-state index is 0.277. The second-order valence-corrected chi connectivity index (χ2v) is 9.39. The van der Waals surface area contributed by atoms with E-state index in [9.17, 15) is 0 Å². The number of amidine groups is 1. The molecule has 3 aromatic heterocycles. The number of likely N-dealkylation sites (tertiary alicyclic amines) is 1. The van der Waals surface area contributed by atoms with E-state index < -0.39 is 0 Å². The van der Waals surface area contributed by atoms with Gasteiger partial charge < -0.3 is 9.80 Å². The third kappa shape index (κ3) is 3.77. The molecule has 2 aliphatic rings. The molecular weight excluding hydrogens is 501 g/mol. The van der Waals surface area contributed by atoms with Crippen LogP contribution in [-0.2, 0) is 0 Å². The molecule has 1 saturated heterocycles. The van der Waals surface area contributed by atoms with E-state index in [4.69, 9.17) is 10.4 Å². The summed E-state index contributed by atoms with van der Waals surface area (Å²) in [6, 6.07) is 2.33. The average molecular weight is 525 g/mol. The van der Waals surface area contributed by atoms with E-state index in [0.29, 0.717) is 11.8 Å². The molecule has 0 radical (unpaired) electrons. The number of fused-ring (bicyclic) bond motifs is 1. The number of rotatable bonds is 5. The van der Waals surface area contributed by atoms with Gasteiger partial charge in [-0.3, -0.25) is 15.4 Å². The van der Waals surface area contributed by atoms with Gasteiger partial charge in [-0.25, -0.2) is 9.97 Å². The molecule has 1 N–H and O–H groups in total. The van der Waals surface area contributed by atoms with Crippen LogP contribution in [0.1, 0.15) is 30.7 Å². The number of pyridine rings is 2. The standard InChI is InChI=1S/C23H24IN7/c1-3-21(25)31-7-6-15(12-31)30(2)23-17-10-27-19(8-20(17)28-13-29-23)16-9-26-11-18(24)22(16)14-4-5-14/h3,8-11,13-15,25H,1,4-7,12H2,2H3/t15-/m1/s1. The summed E-state index contributed by atoms with van der Waals surface area (Å²) in [5.74, 6) is 1.98. The molecule has 1 aliphatic heterocycles. The Hall–Kier alpha value is -2.62. The third-order valence-corrected chi connectivity index (χ3v) is 7.14. The molecule has 1 aliphatic carbocycles. The van der Waals surface area contributed by atoms with Crippen molar-refractivity contribution in [2.45, 2.75) is 31.2 Å². The van der Waals surface area contributed by atoms with Crippen molar-refractivity contribution in [1.29, 1.82) is 5.41 Å². The zero-order valence-electron chi connectivity index (χ0n) is 17.4. The Bertz CT molecular complexity index is 1170. The van der Waals surface area contributed by atoms with E-state index in [-0.39, 0.29) is 6.04 Å². The Morgan fingerprint density at radius 1 is 1.23 bits per heavy atom. The summed E-state index contributed by atoms with van der Waals surface area (Å²) in [6.45, 7) is 5.36. The van der Waals surface area contributed by atoms with E-state index in [1.54, 1.807) is 12.4 Å². The Kier molecular flexibility index (Phi) is 5.33. The zero-order valence-corrected chi connectivity index (χ0v) is 19.6. The molecule has 0 amide bonds. The number of hydrogen-bond acceptors (Lipinski definition) is 6. The van der Waals surface area contributed by atoms with Gasteiger partial charge in [0.05, 0.1) is 16.6 Å². The molecule has 31 heavy (non-hydrogen) atoms. The van der Waals surface area contributed by atoms with Gasteiger partial charge in [-0.15, -0.1) is 0 Å². The fraction of sp³-hybridized carbons (Fsp3) is 0.348. The maximum Gasteiger partial charge on any atom is 0.141 e. The molecule has 0 spiro atoms. The fourth-order valence-corrected chi connectivity index (χ4v) is 5.27. The number of hydrogen-bond donors (Lipinski definition) is 1. The van der Waals surface area contributed by atoms with Crippen LogP contribution in [0.3, 0.4) is 0 Å².